The summed E-state index contributed by atoms with van der Waals surface area (Å²) >= 11 is 6.26. The lowest BCUT2D eigenvalue weighted by molar-refractivity contribution is 0.377. The molecule has 2 heterocycles. The van der Waals surface area contributed by atoms with E-state index in [1.165, 1.54) is 7.11 Å². The summed E-state index contributed by atoms with van der Waals surface area (Å²) in [6, 6.07) is 13.8. The molecule has 0 fully saturated rings. The van der Waals surface area contributed by atoms with E-state index in [1.807, 2.05) is 19.1 Å². The van der Waals surface area contributed by atoms with Crippen LogP contribution in [0.4, 0.5) is 5.69 Å². The summed E-state index contributed by atoms with van der Waals surface area (Å²) in [6.45, 7) is 4.03. The van der Waals surface area contributed by atoms with Gasteiger partial charge in [0.05, 0.1) is 24.2 Å². The molecule has 8 nitrogen and oxygen atoms in total. The van der Waals surface area contributed by atoms with Crippen LogP contribution in [0.2, 0.25) is 5.02 Å². The Morgan fingerprint density at radius 1 is 1.09 bits per heavy atom. The van der Waals surface area contributed by atoms with Crippen LogP contribution in [0.5, 0.6) is 6.01 Å². The largest absolute Gasteiger partial charge is 0.467 e. The minimum Gasteiger partial charge on any atom is -0.467 e. The van der Waals surface area contributed by atoms with E-state index in [4.69, 9.17) is 16.3 Å². The van der Waals surface area contributed by atoms with Crippen molar-refractivity contribution in [2.45, 2.75) is 31.3 Å². The first-order valence-electron chi connectivity index (χ1n) is 10.5. The van der Waals surface area contributed by atoms with Crippen molar-refractivity contribution in [3.05, 3.63) is 82.9 Å². The molecule has 10 heteroatoms. The predicted molar refractivity (Wildman–Crippen MR) is 133 cm³/mol. The zero-order valence-corrected chi connectivity index (χ0v) is 20.5. The highest BCUT2D eigenvalue weighted by Gasteiger charge is 2.23. The lowest BCUT2D eigenvalue weighted by Gasteiger charge is -2.18. The van der Waals surface area contributed by atoms with Crippen molar-refractivity contribution in [2.75, 3.05) is 12.4 Å². The molecule has 1 atom stereocenters. The molecule has 4 rings (SSSR count). The molecular formula is C24H24ClN5O3S. The zero-order chi connectivity index (χ0) is 24.3. The first-order chi connectivity index (χ1) is 16.3. The van der Waals surface area contributed by atoms with Gasteiger partial charge in [0.15, 0.2) is 0 Å². The summed E-state index contributed by atoms with van der Waals surface area (Å²) in [5.41, 5.74) is 2.97. The SMILES string of the molecule is COc1nc(C)cc(CNc2ccc(S(=O)(=O)N[C@@H](C)c3ccccc3Cl)c3ccncc23)n1. The monoisotopic (exact) mass is 497 g/mol. The van der Waals surface area contributed by atoms with Gasteiger partial charge >= 0.3 is 6.01 Å². The van der Waals surface area contributed by atoms with Gasteiger partial charge in [-0.05, 0) is 49.7 Å². The number of methoxy groups -OCH3 is 1. The zero-order valence-electron chi connectivity index (χ0n) is 18.9. The van der Waals surface area contributed by atoms with Gasteiger partial charge in [-0.25, -0.2) is 18.1 Å². The quantitative estimate of drug-likeness (QED) is 0.365. The van der Waals surface area contributed by atoms with Gasteiger partial charge in [-0.2, -0.15) is 4.98 Å². The van der Waals surface area contributed by atoms with Crippen LogP contribution in [0, 0.1) is 6.92 Å². The van der Waals surface area contributed by atoms with Crippen LogP contribution >= 0.6 is 11.6 Å². The average Bonchev–Trinajstić information content (AvgIpc) is 2.82. The fourth-order valence-electron chi connectivity index (χ4n) is 3.71. The van der Waals surface area contributed by atoms with Gasteiger partial charge in [-0.3, -0.25) is 4.98 Å². The summed E-state index contributed by atoms with van der Waals surface area (Å²) in [7, 11) is -2.33. The molecule has 176 valence electrons. The number of anilines is 1. The van der Waals surface area contributed by atoms with Crippen LogP contribution < -0.4 is 14.8 Å². The molecule has 2 N–H and O–H groups in total. The Balaban J connectivity index is 1.64. The number of aromatic nitrogens is 3. The summed E-state index contributed by atoms with van der Waals surface area (Å²) < 4.78 is 34.5. The first-order valence-corrected chi connectivity index (χ1v) is 12.4. The molecule has 34 heavy (non-hydrogen) atoms. The standard InChI is InChI=1S/C24H24ClN5O3S/c1-15-12-17(29-24(28-15)33-3)13-27-22-8-9-23(19-10-11-26-14-20(19)22)34(31,32)30-16(2)18-6-4-5-7-21(18)25/h4-12,14,16,27,30H,13H2,1-3H3/t16-/m0/s1. The Labute approximate surface area is 203 Å². The third kappa shape index (κ3) is 5.11. The molecule has 0 bridgehead atoms. The first kappa shape index (κ1) is 23.9. The number of aryl methyl sites for hydroxylation is 1. The molecule has 2 aromatic heterocycles. The van der Waals surface area contributed by atoms with Crippen LogP contribution in [0.1, 0.15) is 29.9 Å². The Kier molecular flexibility index (Phi) is 6.97. The van der Waals surface area contributed by atoms with Crippen LogP contribution in [0.3, 0.4) is 0 Å². The summed E-state index contributed by atoms with van der Waals surface area (Å²) in [5, 5.41) is 5.05. The molecule has 0 aliphatic rings. The molecular weight excluding hydrogens is 474 g/mol. The third-order valence-electron chi connectivity index (χ3n) is 5.30. The second kappa shape index (κ2) is 9.92. The number of halogens is 1. The number of fused-ring (bicyclic) bond motifs is 1. The van der Waals surface area contributed by atoms with E-state index in [0.29, 0.717) is 33.9 Å². The Morgan fingerprint density at radius 3 is 2.65 bits per heavy atom. The van der Waals surface area contributed by atoms with Crippen molar-refractivity contribution in [3.63, 3.8) is 0 Å². The van der Waals surface area contributed by atoms with Gasteiger partial charge in [0.2, 0.25) is 10.0 Å². The summed E-state index contributed by atoms with van der Waals surface area (Å²) in [6.07, 6.45) is 3.21. The van der Waals surface area contributed by atoms with Gasteiger partial charge in [0.1, 0.15) is 0 Å². The number of pyridine rings is 1. The number of benzene rings is 2. The molecule has 0 radical (unpaired) electrons. The number of ether oxygens (including phenoxy) is 1. The normalized spacial score (nSPS) is 12.5. The maximum Gasteiger partial charge on any atom is 0.316 e. The lowest BCUT2D eigenvalue weighted by Crippen LogP contribution is -2.27. The van der Waals surface area contributed by atoms with E-state index >= 15 is 0 Å². The molecule has 0 saturated carbocycles. The van der Waals surface area contributed by atoms with E-state index in [2.05, 4.69) is 25.0 Å². The number of hydrogen-bond donors (Lipinski definition) is 2. The number of nitrogens with one attached hydrogen (secondary N) is 2. The van der Waals surface area contributed by atoms with Gasteiger partial charge in [-0.1, -0.05) is 29.8 Å². The number of sulfonamides is 1. The van der Waals surface area contributed by atoms with E-state index in [0.717, 1.165) is 17.1 Å². The number of hydrogen-bond acceptors (Lipinski definition) is 7. The smallest absolute Gasteiger partial charge is 0.316 e. The van der Waals surface area contributed by atoms with Gasteiger partial charge in [-0.15, -0.1) is 0 Å². The molecule has 0 saturated heterocycles. The topological polar surface area (TPSA) is 106 Å². The van der Waals surface area contributed by atoms with E-state index in [9.17, 15) is 8.42 Å². The van der Waals surface area contributed by atoms with E-state index < -0.39 is 16.1 Å². The third-order valence-corrected chi connectivity index (χ3v) is 7.24. The van der Waals surface area contributed by atoms with Crippen molar-refractivity contribution in [3.8, 4) is 6.01 Å². The van der Waals surface area contributed by atoms with Crippen LogP contribution in [0.25, 0.3) is 10.8 Å². The summed E-state index contributed by atoms with van der Waals surface area (Å²) in [5.74, 6) is 0. The predicted octanol–water partition coefficient (Wildman–Crippen LogP) is 4.65. The van der Waals surface area contributed by atoms with E-state index in [1.54, 1.807) is 55.7 Å². The fraction of sp³-hybridized carbons (Fsp3) is 0.208. The molecule has 0 spiro atoms. The van der Waals surface area contributed by atoms with Crippen LogP contribution in [-0.2, 0) is 16.6 Å². The molecule has 4 aromatic rings. The maximum absolute atomic E-state index is 13.3. The second-order valence-electron chi connectivity index (χ2n) is 7.74. The highest BCUT2D eigenvalue weighted by Crippen LogP contribution is 2.31. The van der Waals surface area contributed by atoms with Crippen molar-refractivity contribution in [1.29, 1.82) is 0 Å². The number of rotatable bonds is 8. The number of nitrogens with zero attached hydrogens (tertiary/aromatic N) is 3. The average molecular weight is 498 g/mol. The van der Waals surface area contributed by atoms with Crippen molar-refractivity contribution < 1.29 is 13.2 Å². The van der Waals surface area contributed by atoms with Crippen molar-refractivity contribution in [2.24, 2.45) is 0 Å². The van der Waals surface area contributed by atoms with E-state index in [-0.39, 0.29) is 4.90 Å². The highest BCUT2D eigenvalue weighted by molar-refractivity contribution is 7.89. The van der Waals surface area contributed by atoms with Crippen molar-refractivity contribution in [1.82, 2.24) is 19.7 Å². The van der Waals surface area contributed by atoms with Crippen molar-refractivity contribution >= 4 is 38.1 Å². The fourth-order valence-corrected chi connectivity index (χ4v) is 5.44. The Morgan fingerprint density at radius 2 is 1.88 bits per heavy atom. The lowest BCUT2D eigenvalue weighted by atomic mass is 10.1. The molecule has 0 unspecified atom stereocenters. The second-order valence-corrected chi connectivity index (χ2v) is 9.83. The van der Waals surface area contributed by atoms with Crippen LogP contribution in [0.15, 0.2) is 65.8 Å². The Hall–Kier alpha value is -3.27. The van der Waals surface area contributed by atoms with Gasteiger partial charge in [0, 0.05) is 45.6 Å². The minimum absolute atomic E-state index is 0.161. The maximum atomic E-state index is 13.3. The highest BCUT2D eigenvalue weighted by atomic mass is 35.5. The molecule has 0 aliphatic heterocycles. The minimum atomic E-state index is -3.85. The Bertz CT molecular complexity index is 1450. The molecule has 0 amide bonds. The molecule has 2 aromatic carbocycles. The van der Waals surface area contributed by atoms with Gasteiger partial charge in [0.25, 0.3) is 0 Å². The van der Waals surface area contributed by atoms with Crippen LogP contribution in [-0.4, -0.2) is 30.5 Å². The molecule has 0 aliphatic carbocycles. The van der Waals surface area contributed by atoms with Gasteiger partial charge < -0.3 is 10.1 Å². The summed E-state index contributed by atoms with van der Waals surface area (Å²) in [4.78, 5) is 12.9.